The van der Waals surface area contributed by atoms with Crippen LogP contribution in [0.1, 0.15) is 5.56 Å². The van der Waals surface area contributed by atoms with Crippen molar-refractivity contribution in [3.8, 4) is 11.3 Å². The average molecular weight is 297 g/mol. The Hall–Kier alpha value is -1.78. The molecule has 0 radical (unpaired) electrons. The van der Waals surface area contributed by atoms with Crippen LogP contribution in [-0.2, 0) is 11.2 Å². The van der Waals surface area contributed by atoms with E-state index in [1.807, 2.05) is 0 Å². The SMILES string of the molecule is Nc1cc(CC(=O)O)cnc1-c1ccc(Cl)cc1Cl. The number of benzene rings is 1. The fourth-order valence-corrected chi connectivity index (χ4v) is 2.20. The minimum atomic E-state index is -0.932. The lowest BCUT2D eigenvalue weighted by Gasteiger charge is -2.08. The monoisotopic (exact) mass is 296 g/mol. The van der Waals surface area contributed by atoms with E-state index in [1.54, 1.807) is 24.3 Å². The van der Waals surface area contributed by atoms with Gasteiger partial charge < -0.3 is 10.8 Å². The Kier molecular flexibility index (Phi) is 3.93. The standard InChI is InChI=1S/C13H10Cl2N2O2/c14-8-1-2-9(10(15)5-8)13-11(16)3-7(6-17-13)4-12(18)19/h1-3,5-6H,4,16H2,(H,18,19). The fraction of sp³-hybridized carbons (Fsp3) is 0.0769. The number of hydrogen-bond donors (Lipinski definition) is 2. The third-order valence-corrected chi connectivity index (χ3v) is 3.06. The van der Waals surface area contributed by atoms with Crippen LogP contribution in [0.2, 0.25) is 10.0 Å². The molecule has 1 aromatic carbocycles. The second-order valence-corrected chi connectivity index (χ2v) is 4.82. The number of aliphatic carboxylic acids is 1. The van der Waals surface area contributed by atoms with E-state index in [0.717, 1.165) is 0 Å². The Bertz CT molecular complexity index is 645. The van der Waals surface area contributed by atoms with Gasteiger partial charge in [-0.25, -0.2) is 0 Å². The maximum absolute atomic E-state index is 10.6. The van der Waals surface area contributed by atoms with Crippen LogP contribution in [0.5, 0.6) is 0 Å². The van der Waals surface area contributed by atoms with Crippen molar-refractivity contribution < 1.29 is 9.90 Å². The fourth-order valence-electron chi connectivity index (χ4n) is 1.71. The second-order valence-electron chi connectivity index (χ2n) is 3.98. The van der Waals surface area contributed by atoms with Crippen molar-refractivity contribution >= 4 is 34.9 Å². The molecule has 98 valence electrons. The molecule has 2 rings (SSSR count). The number of carboxylic acid groups (broad SMARTS) is 1. The first-order valence-corrected chi connectivity index (χ1v) is 6.14. The van der Waals surface area contributed by atoms with Gasteiger partial charge in [0.1, 0.15) is 0 Å². The van der Waals surface area contributed by atoms with Gasteiger partial charge in [0, 0.05) is 16.8 Å². The van der Waals surface area contributed by atoms with Gasteiger partial charge in [0.05, 0.1) is 22.8 Å². The molecule has 0 aliphatic rings. The molecule has 0 aliphatic heterocycles. The van der Waals surface area contributed by atoms with Gasteiger partial charge in [-0.05, 0) is 29.8 Å². The van der Waals surface area contributed by atoms with Crippen molar-refractivity contribution in [3.05, 3.63) is 46.1 Å². The van der Waals surface area contributed by atoms with Crippen LogP contribution in [0.3, 0.4) is 0 Å². The number of nitrogens with two attached hydrogens (primary N) is 1. The summed E-state index contributed by atoms with van der Waals surface area (Å²) in [5, 5.41) is 9.68. The maximum Gasteiger partial charge on any atom is 0.307 e. The average Bonchev–Trinajstić information content (AvgIpc) is 2.30. The van der Waals surface area contributed by atoms with Crippen molar-refractivity contribution in [2.45, 2.75) is 6.42 Å². The van der Waals surface area contributed by atoms with Crippen molar-refractivity contribution in [1.82, 2.24) is 4.98 Å². The van der Waals surface area contributed by atoms with Crippen LogP contribution in [0.15, 0.2) is 30.5 Å². The Morgan fingerprint density at radius 1 is 1.32 bits per heavy atom. The molecule has 0 amide bonds. The molecule has 0 saturated carbocycles. The van der Waals surface area contributed by atoms with Crippen LogP contribution < -0.4 is 5.73 Å². The first kappa shape index (κ1) is 13.6. The summed E-state index contributed by atoms with van der Waals surface area (Å²) in [4.78, 5) is 14.8. The highest BCUT2D eigenvalue weighted by Gasteiger charge is 2.11. The molecular weight excluding hydrogens is 287 g/mol. The Labute approximate surface area is 119 Å². The van der Waals surface area contributed by atoms with E-state index in [1.165, 1.54) is 6.20 Å². The second kappa shape index (κ2) is 5.47. The molecule has 4 nitrogen and oxygen atoms in total. The number of nitrogens with zero attached hydrogens (tertiary/aromatic N) is 1. The van der Waals surface area contributed by atoms with Gasteiger partial charge in [0.15, 0.2) is 0 Å². The Balaban J connectivity index is 2.43. The lowest BCUT2D eigenvalue weighted by Crippen LogP contribution is -2.03. The molecule has 0 fully saturated rings. The summed E-state index contributed by atoms with van der Waals surface area (Å²) in [6, 6.07) is 6.60. The first-order valence-electron chi connectivity index (χ1n) is 5.39. The molecule has 0 bridgehead atoms. The molecular formula is C13H10Cl2N2O2. The molecule has 6 heteroatoms. The summed E-state index contributed by atoms with van der Waals surface area (Å²) >= 11 is 11.9. The number of anilines is 1. The van der Waals surface area contributed by atoms with Crippen molar-refractivity contribution in [2.75, 3.05) is 5.73 Å². The number of carbonyl (C=O) groups is 1. The van der Waals surface area contributed by atoms with Crippen molar-refractivity contribution in [1.29, 1.82) is 0 Å². The molecule has 1 heterocycles. The number of hydrogen-bond acceptors (Lipinski definition) is 3. The third-order valence-electron chi connectivity index (χ3n) is 2.52. The third kappa shape index (κ3) is 3.16. The molecule has 0 atom stereocenters. The molecule has 0 spiro atoms. The molecule has 0 saturated heterocycles. The summed E-state index contributed by atoms with van der Waals surface area (Å²) in [6.07, 6.45) is 1.36. The van der Waals surface area contributed by atoms with E-state index in [-0.39, 0.29) is 6.42 Å². The number of aromatic nitrogens is 1. The number of rotatable bonds is 3. The van der Waals surface area contributed by atoms with Gasteiger partial charge in [-0.2, -0.15) is 0 Å². The van der Waals surface area contributed by atoms with Crippen LogP contribution in [0.25, 0.3) is 11.3 Å². The molecule has 0 unspecified atom stereocenters. The van der Waals surface area contributed by atoms with Crippen LogP contribution >= 0.6 is 23.2 Å². The molecule has 1 aromatic heterocycles. The quantitative estimate of drug-likeness (QED) is 0.911. The van der Waals surface area contributed by atoms with E-state index < -0.39 is 5.97 Å². The minimum absolute atomic E-state index is 0.119. The molecule has 2 aromatic rings. The zero-order chi connectivity index (χ0) is 14.0. The summed E-state index contributed by atoms with van der Waals surface area (Å²) in [6.45, 7) is 0. The molecule has 3 N–H and O–H groups in total. The zero-order valence-corrected chi connectivity index (χ0v) is 11.2. The number of halogens is 2. The van der Waals surface area contributed by atoms with Gasteiger partial charge in [0.2, 0.25) is 0 Å². The topological polar surface area (TPSA) is 76.2 Å². The number of pyridine rings is 1. The lowest BCUT2D eigenvalue weighted by molar-refractivity contribution is -0.136. The van der Waals surface area contributed by atoms with Gasteiger partial charge in [-0.3, -0.25) is 9.78 Å². The lowest BCUT2D eigenvalue weighted by atomic mass is 10.1. The van der Waals surface area contributed by atoms with Gasteiger partial charge in [-0.1, -0.05) is 23.2 Å². The van der Waals surface area contributed by atoms with E-state index in [4.69, 9.17) is 34.0 Å². The van der Waals surface area contributed by atoms with Crippen molar-refractivity contribution in [2.24, 2.45) is 0 Å². The van der Waals surface area contributed by atoms with E-state index >= 15 is 0 Å². The predicted molar refractivity (Wildman–Crippen MR) is 75.4 cm³/mol. The summed E-state index contributed by atoms with van der Waals surface area (Å²) in [5.41, 5.74) is 7.98. The van der Waals surface area contributed by atoms with E-state index in [0.29, 0.717) is 32.6 Å². The molecule has 0 aliphatic carbocycles. The van der Waals surface area contributed by atoms with Gasteiger partial charge in [0.25, 0.3) is 0 Å². The maximum atomic E-state index is 10.6. The molecule has 19 heavy (non-hydrogen) atoms. The van der Waals surface area contributed by atoms with E-state index in [9.17, 15) is 4.79 Å². The summed E-state index contributed by atoms with van der Waals surface area (Å²) in [5.74, 6) is -0.932. The van der Waals surface area contributed by atoms with Crippen LogP contribution in [-0.4, -0.2) is 16.1 Å². The number of carboxylic acids is 1. The normalized spacial score (nSPS) is 10.4. The minimum Gasteiger partial charge on any atom is -0.481 e. The highest BCUT2D eigenvalue weighted by Crippen LogP contribution is 2.32. The van der Waals surface area contributed by atoms with Gasteiger partial charge in [-0.15, -0.1) is 0 Å². The largest absolute Gasteiger partial charge is 0.481 e. The zero-order valence-electron chi connectivity index (χ0n) is 9.73. The van der Waals surface area contributed by atoms with Crippen molar-refractivity contribution in [3.63, 3.8) is 0 Å². The Morgan fingerprint density at radius 2 is 2.05 bits per heavy atom. The van der Waals surface area contributed by atoms with Gasteiger partial charge >= 0.3 is 5.97 Å². The number of nitrogen functional groups attached to an aromatic ring is 1. The van der Waals surface area contributed by atoms with E-state index in [2.05, 4.69) is 4.98 Å². The highest BCUT2D eigenvalue weighted by atomic mass is 35.5. The predicted octanol–water partition coefficient (Wildman–Crippen LogP) is 3.26. The summed E-state index contributed by atoms with van der Waals surface area (Å²) < 4.78 is 0. The highest BCUT2D eigenvalue weighted by molar-refractivity contribution is 6.36. The van der Waals surface area contributed by atoms with Crippen LogP contribution in [0.4, 0.5) is 5.69 Å². The summed E-state index contributed by atoms with van der Waals surface area (Å²) in [7, 11) is 0. The first-order chi connectivity index (χ1) is 8.97. The smallest absolute Gasteiger partial charge is 0.307 e. The Morgan fingerprint density at radius 3 is 2.63 bits per heavy atom. The van der Waals surface area contributed by atoms with Crippen LogP contribution in [0, 0.1) is 0 Å².